The van der Waals surface area contributed by atoms with E-state index in [1.54, 1.807) is 30.3 Å². The van der Waals surface area contributed by atoms with E-state index in [1.165, 1.54) is 12.1 Å². The first kappa shape index (κ1) is 22.3. The van der Waals surface area contributed by atoms with Gasteiger partial charge < -0.3 is 20.3 Å². The SMILES string of the molecule is O=C(O)c1ccc(-c2ccc3c(c2)CCC(CNCC(O)c2ccc(Cl)c(F)c2)O3)cc1. The molecule has 3 aromatic carbocycles. The number of nitrogens with one attached hydrogen (secondary N) is 1. The van der Waals surface area contributed by atoms with Crippen LogP contribution in [0, 0.1) is 5.82 Å². The van der Waals surface area contributed by atoms with E-state index in [0.717, 1.165) is 35.3 Å². The van der Waals surface area contributed by atoms with E-state index in [9.17, 15) is 14.3 Å². The fourth-order valence-corrected chi connectivity index (χ4v) is 3.91. The number of benzene rings is 3. The largest absolute Gasteiger partial charge is 0.489 e. The number of hydrogen-bond donors (Lipinski definition) is 3. The van der Waals surface area contributed by atoms with Crippen LogP contribution < -0.4 is 10.1 Å². The predicted octanol–water partition coefficient (Wildman–Crippen LogP) is 4.86. The average Bonchev–Trinajstić information content (AvgIpc) is 2.80. The van der Waals surface area contributed by atoms with Gasteiger partial charge in [0, 0.05) is 13.1 Å². The Bertz CT molecular complexity index is 1120. The second-order valence-corrected chi connectivity index (χ2v) is 8.24. The minimum absolute atomic E-state index is 0.0302. The van der Waals surface area contributed by atoms with Gasteiger partial charge in [-0.05, 0) is 71.5 Å². The molecule has 32 heavy (non-hydrogen) atoms. The molecule has 0 radical (unpaired) electrons. The maximum atomic E-state index is 13.6. The normalized spacial score (nSPS) is 16.2. The van der Waals surface area contributed by atoms with Crippen molar-refractivity contribution < 1.29 is 24.1 Å². The Kier molecular flexibility index (Phi) is 6.74. The Morgan fingerprint density at radius 3 is 2.59 bits per heavy atom. The molecule has 1 aliphatic heterocycles. The number of ether oxygens (including phenoxy) is 1. The van der Waals surface area contributed by atoms with Crippen molar-refractivity contribution in [2.24, 2.45) is 0 Å². The molecule has 0 amide bonds. The molecule has 0 saturated carbocycles. The summed E-state index contributed by atoms with van der Waals surface area (Å²) in [6, 6.07) is 17.1. The summed E-state index contributed by atoms with van der Waals surface area (Å²) in [7, 11) is 0. The summed E-state index contributed by atoms with van der Waals surface area (Å²) < 4.78 is 19.7. The molecular formula is C25H23ClFNO4. The molecule has 166 valence electrons. The molecule has 1 heterocycles. The minimum Gasteiger partial charge on any atom is -0.489 e. The summed E-state index contributed by atoms with van der Waals surface area (Å²) in [5.41, 5.74) is 3.81. The number of carboxylic acids is 1. The highest BCUT2D eigenvalue weighted by Crippen LogP contribution is 2.32. The molecule has 7 heteroatoms. The van der Waals surface area contributed by atoms with Crippen molar-refractivity contribution in [1.29, 1.82) is 0 Å². The van der Waals surface area contributed by atoms with E-state index in [-0.39, 0.29) is 23.2 Å². The summed E-state index contributed by atoms with van der Waals surface area (Å²) in [5, 5.41) is 22.5. The van der Waals surface area contributed by atoms with Crippen LogP contribution in [-0.2, 0) is 6.42 Å². The lowest BCUT2D eigenvalue weighted by molar-refractivity contribution is 0.0697. The molecule has 1 aliphatic rings. The highest BCUT2D eigenvalue weighted by Gasteiger charge is 2.21. The molecule has 3 N–H and O–H groups in total. The number of aliphatic hydroxyl groups excluding tert-OH is 1. The Hall–Kier alpha value is -2.93. The van der Waals surface area contributed by atoms with Crippen LogP contribution in [0.5, 0.6) is 5.75 Å². The number of aromatic carboxylic acids is 1. The van der Waals surface area contributed by atoms with Crippen LogP contribution in [0.25, 0.3) is 11.1 Å². The number of aryl methyl sites for hydroxylation is 1. The van der Waals surface area contributed by atoms with Crippen LogP contribution in [0.1, 0.15) is 34.0 Å². The molecule has 0 aliphatic carbocycles. The molecule has 0 spiro atoms. The maximum Gasteiger partial charge on any atom is 0.335 e. The summed E-state index contributed by atoms with van der Waals surface area (Å²) >= 11 is 5.68. The van der Waals surface area contributed by atoms with E-state index >= 15 is 0 Å². The highest BCUT2D eigenvalue weighted by atomic mass is 35.5. The lowest BCUT2D eigenvalue weighted by Crippen LogP contribution is -2.36. The maximum absolute atomic E-state index is 13.6. The fourth-order valence-electron chi connectivity index (χ4n) is 3.79. The number of fused-ring (bicyclic) bond motifs is 1. The quantitative estimate of drug-likeness (QED) is 0.474. The third-order valence-electron chi connectivity index (χ3n) is 5.59. The minimum atomic E-state index is -0.942. The Morgan fingerprint density at radius 2 is 1.88 bits per heavy atom. The van der Waals surface area contributed by atoms with Gasteiger partial charge in [-0.1, -0.05) is 35.9 Å². The summed E-state index contributed by atoms with van der Waals surface area (Å²) in [5.74, 6) is -0.662. The predicted molar refractivity (Wildman–Crippen MR) is 121 cm³/mol. The second kappa shape index (κ2) is 9.69. The van der Waals surface area contributed by atoms with Gasteiger partial charge >= 0.3 is 5.97 Å². The number of carboxylic acid groups (broad SMARTS) is 1. The third kappa shape index (κ3) is 5.10. The van der Waals surface area contributed by atoms with Crippen LogP contribution in [0.2, 0.25) is 5.02 Å². The van der Waals surface area contributed by atoms with Gasteiger partial charge in [0.2, 0.25) is 0 Å². The van der Waals surface area contributed by atoms with Crippen molar-refractivity contribution >= 4 is 17.6 Å². The summed E-state index contributed by atoms with van der Waals surface area (Å²) in [4.78, 5) is 11.0. The molecule has 3 aromatic rings. The molecule has 0 aromatic heterocycles. The first-order valence-electron chi connectivity index (χ1n) is 10.4. The van der Waals surface area contributed by atoms with Gasteiger partial charge in [-0.3, -0.25) is 0 Å². The van der Waals surface area contributed by atoms with Crippen molar-refractivity contribution in [2.45, 2.75) is 25.0 Å². The van der Waals surface area contributed by atoms with Crippen LogP contribution in [-0.4, -0.2) is 35.4 Å². The molecule has 2 atom stereocenters. The lowest BCUT2D eigenvalue weighted by atomic mass is 9.96. The second-order valence-electron chi connectivity index (χ2n) is 7.83. The smallest absolute Gasteiger partial charge is 0.335 e. The van der Waals surface area contributed by atoms with Gasteiger partial charge in [-0.25, -0.2) is 9.18 Å². The monoisotopic (exact) mass is 455 g/mol. The van der Waals surface area contributed by atoms with E-state index in [0.29, 0.717) is 12.1 Å². The van der Waals surface area contributed by atoms with E-state index in [2.05, 4.69) is 11.4 Å². The Labute approximate surface area is 190 Å². The molecular weight excluding hydrogens is 433 g/mol. The number of halogens is 2. The summed E-state index contributed by atoms with van der Waals surface area (Å²) in [6.45, 7) is 0.837. The number of carbonyl (C=O) groups is 1. The van der Waals surface area contributed by atoms with Crippen molar-refractivity contribution in [3.05, 3.63) is 88.2 Å². The van der Waals surface area contributed by atoms with Crippen LogP contribution >= 0.6 is 11.6 Å². The number of hydrogen-bond acceptors (Lipinski definition) is 4. The summed E-state index contributed by atoms with van der Waals surface area (Å²) in [6.07, 6.45) is 0.811. The van der Waals surface area contributed by atoms with E-state index in [1.807, 2.05) is 12.1 Å². The molecule has 0 saturated heterocycles. The van der Waals surface area contributed by atoms with E-state index in [4.69, 9.17) is 21.4 Å². The topological polar surface area (TPSA) is 78.8 Å². The fraction of sp³-hybridized carbons (Fsp3) is 0.240. The Morgan fingerprint density at radius 1 is 1.12 bits per heavy atom. The van der Waals surface area contributed by atoms with Gasteiger partial charge in [0.1, 0.15) is 17.7 Å². The van der Waals surface area contributed by atoms with Gasteiger partial charge in [-0.15, -0.1) is 0 Å². The van der Waals surface area contributed by atoms with E-state index < -0.39 is 17.9 Å². The van der Waals surface area contributed by atoms with Crippen LogP contribution in [0.4, 0.5) is 4.39 Å². The molecule has 2 unspecified atom stereocenters. The lowest BCUT2D eigenvalue weighted by Gasteiger charge is -2.27. The van der Waals surface area contributed by atoms with Crippen molar-refractivity contribution in [3.63, 3.8) is 0 Å². The zero-order valence-electron chi connectivity index (χ0n) is 17.2. The van der Waals surface area contributed by atoms with Crippen molar-refractivity contribution in [3.8, 4) is 16.9 Å². The molecule has 5 nitrogen and oxygen atoms in total. The first-order valence-corrected chi connectivity index (χ1v) is 10.8. The van der Waals surface area contributed by atoms with Crippen LogP contribution in [0.15, 0.2) is 60.7 Å². The van der Waals surface area contributed by atoms with Gasteiger partial charge in [0.25, 0.3) is 0 Å². The standard InChI is InChI=1S/C25H23ClFNO4/c26-21-9-6-18(12-22(21)27)23(29)14-28-13-20-8-5-19-11-17(7-10-24(19)32-20)15-1-3-16(4-2-15)25(30)31/h1-4,6-7,9-12,20,23,28-29H,5,8,13-14H2,(H,30,31). The molecule has 4 rings (SSSR count). The Balaban J connectivity index is 1.32. The molecule has 0 bridgehead atoms. The highest BCUT2D eigenvalue weighted by molar-refractivity contribution is 6.30. The van der Waals surface area contributed by atoms with Crippen LogP contribution in [0.3, 0.4) is 0 Å². The van der Waals surface area contributed by atoms with Gasteiger partial charge in [-0.2, -0.15) is 0 Å². The van der Waals surface area contributed by atoms with Crippen molar-refractivity contribution in [1.82, 2.24) is 5.32 Å². The third-order valence-corrected chi connectivity index (χ3v) is 5.90. The first-order chi connectivity index (χ1) is 15.4. The van der Waals surface area contributed by atoms with Gasteiger partial charge in [0.15, 0.2) is 0 Å². The average molecular weight is 456 g/mol. The van der Waals surface area contributed by atoms with Gasteiger partial charge in [0.05, 0.1) is 16.7 Å². The zero-order valence-corrected chi connectivity index (χ0v) is 18.0. The molecule has 0 fully saturated rings. The number of rotatable bonds is 7. The number of aliphatic hydroxyl groups is 1. The zero-order chi connectivity index (χ0) is 22.7. The van der Waals surface area contributed by atoms with Crippen molar-refractivity contribution in [2.75, 3.05) is 13.1 Å².